The van der Waals surface area contributed by atoms with Crippen LogP contribution < -0.4 is 5.32 Å². The summed E-state index contributed by atoms with van der Waals surface area (Å²) in [5, 5.41) is 7.35. The number of nitrogens with one attached hydrogen (secondary N) is 1. The normalized spacial score (nSPS) is 21.1. The van der Waals surface area contributed by atoms with Crippen LogP contribution in [0.25, 0.3) is 0 Å². The molecule has 0 spiro atoms. The van der Waals surface area contributed by atoms with Gasteiger partial charge in [0.2, 0.25) is 0 Å². The summed E-state index contributed by atoms with van der Waals surface area (Å²) in [6.07, 6.45) is 5.20. The maximum atomic E-state index is 11.3. The second kappa shape index (κ2) is 4.55. The maximum Gasteiger partial charge on any atom is 0.150 e. The van der Waals surface area contributed by atoms with Crippen LogP contribution in [0, 0.1) is 0 Å². The maximum absolute atomic E-state index is 11.3. The Balaban J connectivity index is 2.02. The fourth-order valence-corrected chi connectivity index (χ4v) is 3.48. The zero-order valence-corrected chi connectivity index (χ0v) is 10.2. The molecule has 16 heavy (non-hydrogen) atoms. The summed E-state index contributed by atoms with van der Waals surface area (Å²) < 4.78 is 24.5. The molecule has 1 aliphatic heterocycles. The first-order chi connectivity index (χ1) is 7.61. The van der Waals surface area contributed by atoms with Gasteiger partial charge in [0.15, 0.2) is 0 Å². The highest BCUT2D eigenvalue weighted by molar-refractivity contribution is 7.91. The summed E-state index contributed by atoms with van der Waals surface area (Å²) in [5.41, 5.74) is 1.14. The van der Waals surface area contributed by atoms with Gasteiger partial charge in [-0.15, -0.1) is 0 Å². The molecule has 0 atom stereocenters. The Labute approximate surface area is 95.8 Å². The number of aromatic nitrogens is 2. The molecule has 0 aliphatic carbocycles. The van der Waals surface area contributed by atoms with Crippen LogP contribution >= 0.6 is 0 Å². The van der Waals surface area contributed by atoms with Crippen molar-refractivity contribution in [2.75, 3.05) is 18.6 Å². The molecular weight excluding hydrogens is 226 g/mol. The van der Waals surface area contributed by atoms with Crippen LogP contribution in [0.2, 0.25) is 0 Å². The Hall–Kier alpha value is -0.880. The molecule has 0 amide bonds. The Bertz CT molecular complexity index is 438. The molecule has 5 nitrogen and oxygen atoms in total. The smallest absolute Gasteiger partial charge is 0.150 e. The zero-order chi connectivity index (χ0) is 11.6. The van der Waals surface area contributed by atoms with Gasteiger partial charge < -0.3 is 5.32 Å². The lowest BCUT2D eigenvalue weighted by atomic mass is 10.2. The average Bonchev–Trinajstić information content (AvgIpc) is 2.67. The highest BCUT2D eigenvalue weighted by atomic mass is 32.2. The quantitative estimate of drug-likeness (QED) is 0.832. The van der Waals surface area contributed by atoms with E-state index in [-0.39, 0.29) is 6.04 Å². The third-order valence-corrected chi connectivity index (χ3v) is 4.65. The molecular formula is C10H17N3O2S. The molecule has 1 N–H and O–H groups in total. The summed E-state index contributed by atoms with van der Waals surface area (Å²) >= 11 is 0. The predicted molar refractivity (Wildman–Crippen MR) is 61.9 cm³/mol. The Morgan fingerprint density at radius 2 is 2.19 bits per heavy atom. The van der Waals surface area contributed by atoms with Crippen molar-refractivity contribution in [2.24, 2.45) is 0 Å². The highest BCUT2D eigenvalue weighted by Crippen LogP contribution is 2.23. The van der Waals surface area contributed by atoms with Crippen LogP contribution in [0.3, 0.4) is 0 Å². The van der Waals surface area contributed by atoms with E-state index in [9.17, 15) is 8.42 Å². The molecule has 1 aromatic heterocycles. The number of sulfone groups is 1. The van der Waals surface area contributed by atoms with Gasteiger partial charge in [-0.05, 0) is 19.9 Å². The molecule has 0 bridgehead atoms. The van der Waals surface area contributed by atoms with Crippen molar-refractivity contribution >= 4 is 9.84 Å². The number of hydrogen-bond acceptors (Lipinski definition) is 4. The van der Waals surface area contributed by atoms with Gasteiger partial charge >= 0.3 is 0 Å². The van der Waals surface area contributed by atoms with Crippen molar-refractivity contribution in [3.05, 3.63) is 18.0 Å². The lowest BCUT2D eigenvalue weighted by Crippen LogP contribution is -2.25. The van der Waals surface area contributed by atoms with E-state index in [1.165, 1.54) is 0 Å². The number of rotatable bonds is 3. The minimum Gasteiger partial charge on any atom is -0.316 e. The molecule has 1 saturated heterocycles. The molecule has 2 rings (SSSR count). The minimum absolute atomic E-state index is 0.245. The van der Waals surface area contributed by atoms with Crippen molar-refractivity contribution in [3.63, 3.8) is 0 Å². The minimum atomic E-state index is -2.78. The van der Waals surface area contributed by atoms with Gasteiger partial charge in [0.25, 0.3) is 0 Å². The summed E-state index contributed by atoms with van der Waals surface area (Å²) in [5.74, 6) is 0.581. The summed E-state index contributed by atoms with van der Waals surface area (Å²) in [6, 6.07) is 0.245. The lowest BCUT2D eigenvalue weighted by Gasteiger charge is -2.22. The zero-order valence-electron chi connectivity index (χ0n) is 9.39. The average molecular weight is 243 g/mol. The summed E-state index contributed by atoms with van der Waals surface area (Å²) in [4.78, 5) is 0. The standard InChI is InChI=1S/C10H17N3O2S/c1-11-6-9-7-12-13(8-9)10-2-4-16(14,15)5-3-10/h7-8,10-11H,2-6H2,1H3. The van der Waals surface area contributed by atoms with Crippen LogP contribution in [0.15, 0.2) is 12.4 Å². The molecule has 1 aromatic rings. The topological polar surface area (TPSA) is 64.0 Å². The molecule has 90 valence electrons. The lowest BCUT2D eigenvalue weighted by molar-refractivity contribution is 0.413. The second-order valence-corrected chi connectivity index (χ2v) is 6.55. The molecule has 1 aliphatic rings. The third kappa shape index (κ3) is 2.62. The molecule has 0 radical (unpaired) electrons. The van der Waals surface area contributed by atoms with Crippen molar-refractivity contribution in [1.82, 2.24) is 15.1 Å². The van der Waals surface area contributed by atoms with Crippen molar-refractivity contribution < 1.29 is 8.42 Å². The highest BCUT2D eigenvalue weighted by Gasteiger charge is 2.24. The van der Waals surface area contributed by atoms with E-state index in [4.69, 9.17) is 0 Å². The van der Waals surface area contributed by atoms with Crippen LogP contribution in [0.5, 0.6) is 0 Å². The van der Waals surface area contributed by atoms with E-state index in [1.54, 1.807) is 0 Å². The van der Waals surface area contributed by atoms with Crippen LogP contribution in [-0.4, -0.2) is 36.8 Å². The Morgan fingerprint density at radius 1 is 1.50 bits per heavy atom. The predicted octanol–water partition coefficient (Wildman–Crippen LogP) is 0.352. The van der Waals surface area contributed by atoms with Crippen LogP contribution in [0.1, 0.15) is 24.4 Å². The monoisotopic (exact) mass is 243 g/mol. The Kier molecular flexibility index (Phi) is 3.30. The molecule has 0 aromatic carbocycles. The van der Waals surface area contributed by atoms with E-state index in [2.05, 4.69) is 10.4 Å². The van der Waals surface area contributed by atoms with Crippen LogP contribution in [0.4, 0.5) is 0 Å². The molecule has 6 heteroatoms. The van der Waals surface area contributed by atoms with Gasteiger partial charge in [0.05, 0.1) is 23.7 Å². The first-order valence-electron chi connectivity index (χ1n) is 5.49. The van der Waals surface area contributed by atoms with Crippen molar-refractivity contribution in [1.29, 1.82) is 0 Å². The van der Waals surface area contributed by atoms with Crippen LogP contribution in [-0.2, 0) is 16.4 Å². The van der Waals surface area contributed by atoms with E-state index >= 15 is 0 Å². The summed E-state index contributed by atoms with van der Waals surface area (Å²) in [7, 11) is -0.887. The molecule has 1 fully saturated rings. The van der Waals surface area contributed by atoms with E-state index in [0.717, 1.165) is 12.1 Å². The second-order valence-electron chi connectivity index (χ2n) is 4.24. The van der Waals surface area contributed by atoms with Gasteiger partial charge in [0, 0.05) is 18.3 Å². The third-order valence-electron chi connectivity index (χ3n) is 2.93. The van der Waals surface area contributed by atoms with E-state index < -0.39 is 9.84 Å². The Morgan fingerprint density at radius 3 is 2.81 bits per heavy atom. The number of nitrogens with zero attached hydrogens (tertiary/aromatic N) is 2. The van der Waals surface area contributed by atoms with Gasteiger partial charge in [-0.3, -0.25) is 4.68 Å². The SMILES string of the molecule is CNCc1cnn(C2CCS(=O)(=O)CC2)c1. The first-order valence-corrected chi connectivity index (χ1v) is 7.31. The largest absolute Gasteiger partial charge is 0.316 e. The fourth-order valence-electron chi connectivity index (χ4n) is 2.01. The van der Waals surface area contributed by atoms with E-state index in [1.807, 2.05) is 24.1 Å². The molecule has 2 heterocycles. The van der Waals surface area contributed by atoms with Crippen molar-refractivity contribution in [3.8, 4) is 0 Å². The first kappa shape index (κ1) is 11.6. The summed E-state index contributed by atoms with van der Waals surface area (Å²) in [6.45, 7) is 0.797. The van der Waals surface area contributed by atoms with Crippen molar-refractivity contribution in [2.45, 2.75) is 25.4 Å². The van der Waals surface area contributed by atoms with Gasteiger partial charge in [-0.1, -0.05) is 0 Å². The van der Waals surface area contributed by atoms with Gasteiger partial charge in [-0.25, -0.2) is 8.42 Å². The molecule has 0 unspecified atom stereocenters. The molecule has 0 saturated carbocycles. The van der Waals surface area contributed by atoms with E-state index in [0.29, 0.717) is 24.3 Å². The van der Waals surface area contributed by atoms with Gasteiger partial charge in [0.1, 0.15) is 9.84 Å². The number of hydrogen-bond donors (Lipinski definition) is 1. The van der Waals surface area contributed by atoms with Gasteiger partial charge in [-0.2, -0.15) is 5.10 Å². The fraction of sp³-hybridized carbons (Fsp3) is 0.700.